The number of fused-ring (bicyclic) bond motifs is 1. The second-order valence-corrected chi connectivity index (χ2v) is 7.43. The molecule has 0 aliphatic carbocycles. The Morgan fingerprint density at radius 1 is 1.09 bits per heavy atom. The molecule has 1 N–H and O–H groups in total. The third-order valence-corrected chi connectivity index (χ3v) is 5.46. The van der Waals surface area contributed by atoms with Crippen molar-refractivity contribution in [2.45, 2.75) is 18.7 Å². The minimum atomic E-state index is -3.79. The maximum atomic E-state index is 12.6. The summed E-state index contributed by atoms with van der Waals surface area (Å²) in [6.45, 7) is 3.81. The summed E-state index contributed by atoms with van der Waals surface area (Å²) >= 11 is 6.09. The van der Waals surface area contributed by atoms with Crippen LogP contribution in [0.25, 0.3) is 10.9 Å². The van der Waals surface area contributed by atoms with Crippen molar-refractivity contribution in [2.24, 2.45) is 0 Å². The quantitative estimate of drug-likeness (QED) is 0.769. The number of hydrogen-bond donors (Lipinski definition) is 1. The zero-order chi connectivity index (χ0) is 16.6. The largest absolute Gasteiger partial charge is 0.277 e. The van der Waals surface area contributed by atoms with Crippen molar-refractivity contribution in [2.75, 3.05) is 4.72 Å². The highest BCUT2D eigenvalue weighted by Gasteiger charge is 2.19. The van der Waals surface area contributed by atoms with Crippen molar-refractivity contribution in [3.05, 3.63) is 64.8 Å². The molecule has 2 aromatic carbocycles. The predicted octanol–water partition coefficient (Wildman–Crippen LogP) is 4.31. The van der Waals surface area contributed by atoms with Gasteiger partial charge in [0.1, 0.15) is 4.90 Å². The summed E-state index contributed by atoms with van der Waals surface area (Å²) in [6, 6.07) is 12.2. The number of aromatic nitrogens is 1. The average Bonchev–Trinajstić information content (AvgIpc) is 2.50. The molecule has 6 heteroatoms. The molecule has 1 aromatic heterocycles. The van der Waals surface area contributed by atoms with E-state index in [0.29, 0.717) is 11.2 Å². The van der Waals surface area contributed by atoms with Gasteiger partial charge in [0.2, 0.25) is 0 Å². The van der Waals surface area contributed by atoms with Crippen LogP contribution >= 0.6 is 11.6 Å². The molecular weight excluding hydrogens is 332 g/mol. The number of hydrogen-bond acceptors (Lipinski definition) is 3. The standard InChI is InChI=1S/C17H15ClN2O2S/c1-11-5-8-16(14(18)10-11)23(21,22)20-15-7-6-12(2)13-4-3-9-19-17(13)15/h3-10,20H,1-2H3. The van der Waals surface area contributed by atoms with E-state index in [9.17, 15) is 8.42 Å². The van der Waals surface area contributed by atoms with Gasteiger partial charge in [-0.25, -0.2) is 8.42 Å². The first kappa shape index (κ1) is 15.8. The summed E-state index contributed by atoms with van der Waals surface area (Å²) in [5, 5.41) is 1.10. The normalized spacial score (nSPS) is 11.6. The molecule has 3 aromatic rings. The van der Waals surface area contributed by atoms with Gasteiger partial charge >= 0.3 is 0 Å². The van der Waals surface area contributed by atoms with Crippen molar-refractivity contribution in [1.82, 2.24) is 4.98 Å². The Morgan fingerprint density at radius 3 is 2.61 bits per heavy atom. The Hall–Kier alpha value is -2.11. The van der Waals surface area contributed by atoms with Gasteiger partial charge in [0, 0.05) is 11.6 Å². The van der Waals surface area contributed by atoms with Crippen LogP contribution in [0.15, 0.2) is 53.6 Å². The molecular formula is C17H15ClN2O2S. The lowest BCUT2D eigenvalue weighted by Gasteiger charge is -2.12. The molecule has 1 heterocycles. The molecule has 0 aliphatic rings. The van der Waals surface area contributed by atoms with Crippen molar-refractivity contribution in [3.63, 3.8) is 0 Å². The summed E-state index contributed by atoms with van der Waals surface area (Å²) in [6.07, 6.45) is 1.64. The number of nitrogens with one attached hydrogen (secondary N) is 1. The monoisotopic (exact) mass is 346 g/mol. The van der Waals surface area contributed by atoms with E-state index in [1.807, 2.05) is 32.0 Å². The Morgan fingerprint density at radius 2 is 1.87 bits per heavy atom. The van der Waals surface area contributed by atoms with E-state index in [2.05, 4.69) is 9.71 Å². The minimum absolute atomic E-state index is 0.0504. The first-order valence-corrected chi connectivity index (χ1v) is 8.88. The first-order chi connectivity index (χ1) is 10.9. The molecule has 3 rings (SSSR count). The molecule has 4 nitrogen and oxygen atoms in total. The molecule has 0 amide bonds. The van der Waals surface area contributed by atoms with E-state index in [1.165, 1.54) is 6.07 Å². The van der Waals surface area contributed by atoms with Crippen molar-refractivity contribution in [3.8, 4) is 0 Å². The van der Waals surface area contributed by atoms with Gasteiger partial charge in [0.05, 0.1) is 16.2 Å². The molecule has 0 spiro atoms. The SMILES string of the molecule is Cc1ccc(S(=O)(=O)Nc2ccc(C)c3cccnc23)c(Cl)c1. The number of rotatable bonds is 3. The van der Waals surface area contributed by atoms with Gasteiger partial charge < -0.3 is 0 Å². The Bertz CT molecular complexity index is 1000. The fourth-order valence-electron chi connectivity index (χ4n) is 2.42. The summed E-state index contributed by atoms with van der Waals surface area (Å²) in [5.41, 5.74) is 2.97. The maximum absolute atomic E-state index is 12.6. The molecule has 0 unspecified atom stereocenters. The molecule has 0 saturated heterocycles. The second kappa shape index (κ2) is 5.83. The number of halogens is 1. The smallest absolute Gasteiger partial charge is 0.263 e. The van der Waals surface area contributed by atoms with Gasteiger partial charge in [-0.1, -0.05) is 29.8 Å². The fraction of sp³-hybridized carbons (Fsp3) is 0.118. The summed E-state index contributed by atoms with van der Waals surface area (Å²) in [5.74, 6) is 0. The van der Waals surface area contributed by atoms with Crippen molar-refractivity contribution in [1.29, 1.82) is 0 Å². The third-order valence-electron chi connectivity index (χ3n) is 3.61. The molecule has 0 bridgehead atoms. The number of pyridine rings is 1. The van der Waals surface area contributed by atoms with E-state index in [-0.39, 0.29) is 9.92 Å². The molecule has 118 valence electrons. The zero-order valence-corrected chi connectivity index (χ0v) is 14.2. The van der Waals surface area contributed by atoms with E-state index < -0.39 is 10.0 Å². The molecule has 0 atom stereocenters. The van der Waals surface area contributed by atoms with Gasteiger partial charge in [0.15, 0.2) is 0 Å². The van der Waals surface area contributed by atoms with Gasteiger partial charge in [-0.15, -0.1) is 0 Å². The maximum Gasteiger partial charge on any atom is 0.263 e. The number of aryl methyl sites for hydroxylation is 2. The predicted molar refractivity (Wildman–Crippen MR) is 93.5 cm³/mol. The topological polar surface area (TPSA) is 59.1 Å². The van der Waals surface area contributed by atoms with E-state index in [1.54, 1.807) is 24.4 Å². The van der Waals surface area contributed by atoms with Crippen LogP contribution in [0.2, 0.25) is 5.02 Å². The number of nitrogens with zero attached hydrogens (tertiary/aromatic N) is 1. The summed E-state index contributed by atoms with van der Waals surface area (Å²) in [7, 11) is -3.79. The summed E-state index contributed by atoms with van der Waals surface area (Å²) in [4.78, 5) is 4.35. The van der Waals surface area contributed by atoms with Crippen LogP contribution in [-0.2, 0) is 10.0 Å². The fourth-order valence-corrected chi connectivity index (χ4v) is 4.09. The highest BCUT2D eigenvalue weighted by Crippen LogP contribution is 2.29. The lowest BCUT2D eigenvalue weighted by molar-refractivity contribution is 0.601. The van der Waals surface area contributed by atoms with E-state index in [4.69, 9.17) is 11.6 Å². The number of benzene rings is 2. The van der Waals surface area contributed by atoms with Crippen LogP contribution in [0.1, 0.15) is 11.1 Å². The Labute approximate surface area is 140 Å². The number of sulfonamides is 1. The van der Waals surface area contributed by atoms with Crippen LogP contribution in [0, 0.1) is 13.8 Å². The Balaban J connectivity index is 2.10. The lowest BCUT2D eigenvalue weighted by Crippen LogP contribution is -2.14. The third kappa shape index (κ3) is 3.02. The van der Waals surface area contributed by atoms with Gasteiger partial charge in [-0.05, 0) is 49.2 Å². The Kier molecular flexibility index (Phi) is 4.00. The average molecular weight is 347 g/mol. The zero-order valence-electron chi connectivity index (χ0n) is 12.7. The van der Waals surface area contributed by atoms with Crippen molar-refractivity contribution >= 4 is 38.2 Å². The first-order valence-electron chi connectivity index (χ1n) is 7.02. The van der Waals surface area contributed by atoms with Gasteiger partial charge in [-0.3, -0.25) is 9.71 Å². The molecule has 23 heavy (non-hydrogen) atoms. The van der Waals surface area contributed by atoms with E-state index >= 15 is 0 Å². The highest BCUT2D eigenvalue weighted by molar-refractivity contribution is 7.92. The minimum Gasteiger partial charge on any atom is -0.277 e. The second-order valence-electron chi connectivity index (χ2n) is 5.37. The van der Waals surface area contributed by atoms with Crippen LogP contribution in [0.5, 0.6) is 0 Å². The highest BCUT2D eigenvalue weighted by atomic mass is 35.5. The van der Waals surface area contributed by atoms with Crippen LogP contribution < -0.4 is 4.72 Å². The molecule has 0 radical (unpaired) electrons. The lowest BCUT2D eigenvalue weighted by atomic mass is 10.1. The summed E-state index contributed by atoms with van der Waals surface area (Å²) < 4.78 is 27.9. The van der Waals surface area contributed by atoms with Crippen molar-refractivity contribution < 1.29 is 8.42 Å². The van der Waals surface area contributed by atoms with Gasteiger partial charge in [-0.2, -0.15) is 0 Å². The number of anilines is 1. The van der Waals surface area contributed by atoms with Crippen LogP contribution in [-0.4, -0.2) is 13.4 Å². The molecule has 0 aliphatic heterocycles. The van der Waals surface area contributed by atoms with Crippen LogP contribution in [0.3, 0.4) is 0 Å². The van der Waals surface area contributed by atoms with Gasteiger partial charge in [0.25, 0.3) is 10.0 Å². The van der Waals surface area contributed by atoms with Crippen LogP contribution in [0.4, 0.5) is 5.69 Å². The molecule has 0 saturated carbocycles. The molecule has 0 fully saturated rings. The van der Waals surface area contributed by atoms with E-state index in [0.717, 1.165) is 16.5 Å².